The lowest BCUT2D eigenvalue weighted by Crippen LogP contribution is -2.46. The highest BCUT2D eigenvalue weighted by molar-refractivity contribution is 6.24. The lowest BCUT2D eigenvalue weighted by molar-refractivity contribution is 0.0571. The lowest BCUT2D eigenvalue weighted by atomic mass is 9.99. The number of aromatic nitrogens is 2. The molecule has 0 saturated carbocycles. The second kappa shape index (κ2) is 11.3. The van der Waals surface area contributed by atoms with Crippen molar-refractivity contribution in [2.75, 3.05) is 51.8 Å². The molecule has 0 aliphatic carbocycles. The number of imide groups is 1. The van der Waals surface area contributed by atoms with E-state index in [-0.39, 0.29) is 11.8 Å². The molecule has 0 bridgehead atoms. The van der Waals surface area contributed by atoms with E-state index in [0.717, 1.165) is 56.9 Å². The summed E-state index contributed by atoms with van der Waals surface area (Å²) in [5, 5.41) is 0. The number of amides is 2. The molecule has 200 valence electrons. The molecule has 1 aromatic heterocycles. The quantitative estimate of drug-likeness (QED) is 0.378. The summed E-state index contributed by atoms with van der Waals surface area (Å²) in [5.41, 5.74) is 2.68. The minimum atomic E-state index is -0.449. The number of likely N-dealkylation sites (N-methyl/N-ethyl adjacent to an activating group) is 1. The van der Waals surface area contributed by atoms with Gasteiger partial charge in [0.25, 0.3) is 11.8 Å². The number of hydrogen-bond donors (Lipinski definition) is 0. The van der Waals surface area contributed by atoms with Crippen LogP contribution in [0.1, 0.15) is 52.1 Å². The summed E-state index contributed by atoms with van der Waals surface area (Å²) in [6.07, 6.45) is 6.80. The highest BCUT2D eigenvalue weighted by Crippen LogP contribution is 2.40. The summed E-state index contributed by atoms with van der Waals surface area (Å²) < 4.78 is 13.0. The molecule has 5 rings (SSSR count). The number of benzene rings is 2. The maximum absolute atomic E-state index is 14.1. The van der Waals surface area contributed by atoms with Crippen molar-refractivity contribution in [1.29, 1.82) is 0 Å². The molecule has 0 spiro atoms. The Morgan fingerprint density at radius 2 is 1.76 bits per heavy atom. The summed E-state index contributed by atoms with van der Waals surface area (Å²) >= 11 is 0. The molecule has 3 heterocycles. The second-order valence-electron chi connectivity index (χ2n) is 9.67. The van der Waals surface area contributed by atoms with Gasteiger partial charge in [0.1, 0.15) is 0 Å². The number of ether oxygens (including phenoxy) is 2. The summed E-state index contributed by atoms with van der Waals surface area (Å²) in [4.78, 5) is 38.1. The van der Waals surface area contributed by atoms with Crippen molar-refractivity contribution in [3.63, 3.8) is 0 Å². The van der Waals surface area contributed by atoms with Crippen molar-refractivity contribution in [2.24, 2.45) is 0 Å². The van der Waals surface area contributed by atoms with Gasteiger partial charge in [-0.15, -0.1) is 0 Å². The maximum Gasteiger partial charge on any atom is 0.264 e. The number of piperazine rings is 1. The van der Waals surface area contributed by atoms with Crippen LogP contribution in [0.4, 0.5) is 5.69 Å². The zero-order valence-electron chi connectivity index (χ0n) is 22.3. The van der Waals surface area contributed by atoms with E-state index in [9.17, 15) is 9.59 Å². The molecule has 2 amide bonds. The van der Waals surface area contributed by atoms with Crippen LogP contribution in [0.2, 0.25) is 0 Å². The van der Waals surface area contributed by atoms with Crippen molar-refractivity contribution < 1.29 is 19.1 Å². The predicted octanol–water partition coefficient (Wildman–Crippen LogP) is 3.86. The van der Waals surface area contributed by atoms with Crippen molar-refractivity contribution in [1.82, 2.24) is 19.4 Å². The van der Waals surface area contributed by atoms with Crippen LogP contribution in [0.3, 0.4) is 0 Å². The molecule has 2 aliphatic heterocycles. The Bertz CT molecular complexity index is 1280. The summed E-state index contributed by atoms with van der Waals surface area (Å²) in [7, 11) is 3.18. The maximum atomic E-state index is 14.1. The number of carbonyl (C=O) groups excluding carboxylic acids is 2. The molecule has 1 unspecified atom stereocenters. The van der Waals surface area contributed by atoms with E-state index >= 15 is 0 Å². The largest absolute Gasteiger partial charge is 0.493 e. The number of carbonyl (C=O) groups is 2. The van der Waals surface area contributed by atoms with Crippen LogP contribution < -0.4 is 14.4 Å². The molecule has 0 N–H and O–H groups in total. The first-order valence-electron chi connectivity index (χ1n) is 13.2. The van der Waals surface area contributed by atoms with Gasteiger partial charge in [-0.3, -0.25) is 14.5 Å². The van der Waals surface area contributed by atoms with E-state index in [1.807, 2.05) is 41.1 Å². The van der Waals surface area contributed by atoms with Crippen LogP contribution in [-0.2, 0) is 6.54 Å². The molecular weight excluding hydrogens is 482 g/mol. The fourth-order valence-corrected chi connectivity index (χ4v) is 5.53. The van der Waals surface area contributed by atoms with Gasteiger partial charge in [-0.25, -0.2) is 4.98 Å². The van der Waals surface area contributed by atoms with Gasteiger partial charge in [0.05, 0.1) is 43.4 Å². The summed E-state index contributed by atoms with van der Waals surface area (Å²) in [5.74, 6) is 0.683. The normalized spacial score (nSPS) is 16.6. The van der Waals surface area contributed by atoms with E-state index in [1.54, 1.807) is 32.8 Å². The third kappa shape index (κ3) is 4.86. The molecule has 9 nitrogen and oxygen atoms in total. The third-order valence-corrected chi connectivity index (χ3v) is 7.64. The Morgan fingerprint density at radius 1 is 0.974 bits per heavy atom. The molecule has 3 aromatic rings. The van der Waals surface area contributed by atoms with Gasteiger partial charge in [-0.1, -0.05) is 19.1 Å². The molecule has 1 fully saturated rings. The van der Waals surface area contributed by atoms with Gasteiger partial charge in [0.15, 0.2) is 11.5 Å². The van der Waals surface area contributed by atoms with E-state index < -0.39 is 6.04 Å². The fourth-order valence-electron chi connectivity index (χ4n) is 5.53. The van der Waals surface area contributed by atoms with E-state index in [2.05, 4.69) is 21.7 Å². The third-order valence-electron chi connectivity index (χ3n) is 7.64. The molecule has 0 radical (unpaired) electrons. The SMILES string of the molecule is CCN1CCN(c2cccc3c2C(=O)N(C(CCCn2ccnc2)c2ccc(OC)c(OC)c2)C3=O)CC1. The highest BCUT2D eigenvalue weighted by Gasteiger charge is 2.43. The van der Waals surface area contributed by atoms with Crippen molar-refractivity contribution in [3.05, 3.63) is 71.8 Å². The first-order valence-corrected chi connectivity index (χ1v) is 13.2. The van der Waals surface area contributed by atoms with Crippen LogP contribution in [0.5, 0.6) is 11.5 Å². The van der Waals surface area contributed by atoms with Crippen molar-refractivity contribution in [2.45, 2.75) is 32.4 Å². The summed E-state index contributed by atoms with van der Waals surface area (Å²) in [6.45, 7) is 7.45. The van der Waals surface area contributed by atoms with E-state index in [0.29, 0.717) is 29.0 Å². The zero-order valence-corrected chi connectivity index (χ0v) is 22.3. The average molecular weight is 518 g/mol. The number of fused-ring (bicyclic) bond motifs is 1. The molecular formula is C29H35N5O4. The molecule has 2 aromatic carbocycles. The fraction of sp³-hybridized carbons (Fsp3) is 0.414. The standard InChI is InChI=1S/C29H35N5O4/c1-4-31-15-17-33(18-16-31)24-8-5-7-22-27(24)29(36)34(28(22)35)23(9-6-13-32-14-12-30-20-32)21-10-11-25(37-2)26(19-21)38-3/h5,7-8,10-12,14,19-20,23H,4,6,9,13,15-18H2,1-3H3. The Hall–Kier alpha value is -3.85. The number of hydrogen-bond acceptors (Lipinski definition) is 7. The van der Waals surface area contributed by atoms with Gasteiger partial charge in [0.2, 0.25) is 0 Å². The minimum absolute atomic E-state index is 0.235. The average Bonchev–Trinajstić information content (AvgIpc) is 3.57. The molecule has 38 heavy (non-hydrogen) atoms. The van der Waals surface area contributed by atoms with Crippen LogP contribution in [0, 0.1) is 0 Å². The van der Waals surface area contributed by atoms with E-state index in [1.165, 1.54) is 4.90 Å². The zero-order chi connectivity index (χ0) is 26.6. The lowest BCUT2D eigenvalue weighted by Gasteiger charge is -2.36. The van der Waals surface area contributed by atoms with Gasteiger partial charge in [0, 0.05) is 45.1 Å². The number of rotatable bonds is 10. The monoisotopic (exact) mass is 517 g/mol. The first-order chi connectivity index (χ1) is 18.5. The van der Waals surface area contributed by atoms with Gasteiger partial charge in [-0.05, 0) is 49.2 Å². The van der Waals surface area contributed by atoms with Crippen molar-refractivity contribution >= 4 is 17.5 Å². The topological polar surface area (TPSA) is 80.1 Å². The van der Waals surface area contributed by atoms with E-state index in [4.69, 9.17) is 9.47 Å². The van der Waals surface area contributed by atoms with Gasteiger partial charge >= 0.3 is 0 Å². The Kier molecular flexibility index (Phi) is 7.64. The molecule has 9 heteroatoms. The van der Waals surface area contributed by atoms with Gasteiger partial charge < -0.3 is 23.8 Å². The first kappa shape index (κ1) is 25.8. The Balaban J connectivity index is 1.47. The van der Waals surface area contributed by atoms with Crippen LogP contribution >= 0.6 is 0 Å². The van der Waals surface area contributed by atoms with Crippen LogP contribution in [-0.4, -0.2) is 78.1 Å². The predicted molar refractivity (Wildman–Crippen MR) is 145 cm³/mol. The number of methoxy groups -OCH3 is 2. The number of imidazole rings is 1. The minimum Gasteiger partial charge on any atom is -0.493 e. The molecule has 2 aliphatic rings. The Labute approximate surface area is 223 Å². The number of nitrogens with zero attached hydrogens (tertiary/aromatic N) is 5. The molecule has 1 saturated heterocycles. The number of anilines is 1. The Morgan fingerprint density at radius 3 is 2.45 bits per heavy atom. The second-order valence-corrected chi connectivity index (χ2v) is 9.67. The number of aryl methyl sites for hydroxylation is 1. The van der Waals surface area contributed by atoms with Gasteiger partial charge in [-0.2, -0.15) is 0 Å². The molecule has 1 atom stereocenters. The summed E-state index contributed by atoms with van der Waals surface area (Å²) in [6, 6.07) is 10.8. The smallest absolute Gasteiger partial charge is 0.264 e. The van der Waals surface area contributed by atoms with Crippen LogP contribution in [0.15, 0.2) is 55.1 Å². The van der Waals surface area contributed by atoms with Crippen LogP contribution in [0.25, 0.3) is 0 Å². The van der Waals surface area contributed by atoms with Crippen molar-refractivity contribution in [3.8, 4) is 11.5 Å². The highest BCUT2D eigenvalue weighted by atomic mass is 16.5.